The van der Waals surface area contributed by atoms with E-state index in [2.05, 4.69) is 5.32 Å². The van der Waals surface area contributed by atoms with E-state index in [0.29, 0.717) is 18.7 Å². The predicted molar refractivity (Wildman–Crippen MR) is 107 cm³/mol. The Bertz CT molecular complexity index is 1180. The summed E-state index contributed by atoms with van der Waals surface area (Å²) in [5.74, 6) is 0. The molecule has 1 aliphatic carbocycles. The summed E-state index contributed by atoms with van der Waals surface area (Å²) in [6, 6.07) is 7.05. The number of aryl methyl sites for hydroxylation is 1. The molecular formula is C21H18ClF6NO3S. The summed E-state index contributed by atoms with van der Waals surface area (Å²) in [7, 11) is -4.16. The van der Waals surface area contributed by atoms with Crippen LogP contribution in [-0.2, 0) is 26.6 Å². The minimum absolute atomic E-state index is 0.0185. The molecule has 0 aromatic heterocycles. The van der Waals surface area contributed by atoms with Crippen LogP contribution in [0.5, 0.6) is 0 Å². The van der Waals surface area contributed by atoms with Crippen molar-refractivity contribution >= 4 is 21.4 Å². The molecule has 2 aliphatic rings. The first-order valence-electron chi connectivity index (χ1n) is 9.89. The Labute approximate surface area is 190 Å². The summed E-state index contributed by atoms with van der Waals surface area (Å²) in [6.45, 7) is 0.292. The van der Waals surface area contributed by atoms with Crippen LogP contribution in [0.25, 0.3) is 0 Å². The van der Waals surface area contributed by atoms with E-state index in [1.807, 2.05) is 0 Å². The average molecular weight is 514 g/mol. The largest absolute Gasteiger partial charge is 0.430 e. The van der Waals surface area contributed by atoms with Crippen LogP contribution < -0.4 is 5.32 Å². The van der Waals surface area contributed by atoms with Crippen LogP contribution in [0.3, 0.4) is 0 Å². The quantitative estimate of drug-likeness (QED) is 0.587. The Morgan fingerprint density at radius 3 is 2.30 bits per heavy atom. The van der Waals surface area contributed by atoms with Gasteiger partial charge in [-0.2, -0.15) is 26.3 Å². The second-order valence-corrected chi connectivity index (χ2v) is 10.9. The zero-order chi connectivity index (χ0) is 24.4. The van der Waals surface area contributed by atoms with Crippen LogP contribution in [-0.4, -0.2) is 38.5 Å². The minimum atomic E-state index is -6.03. The summed E-state index contributed by atoms with van der Waals surface area (Å²) in [6.07, 6.45) is -11.8. The molecule has 0 bridgehead atoms. The molecule has 1 aliphatic heterocycles. The first kappa shape index (κ1) is 24.3. The molecule has 4 rings (SSSR count). The highest BCUT2D eigenvalue weighted by Gasteiger charge is 2.71. The predicted octanol–water partition coefficient (Wildman–Crippen LogP) is 4.63. The van der Waals surface area contributed by atoms with Crippen molar-refractivity contribution in [2.45, 2.75) is 52.9 Å². The Balaban J connectivity index is 1.93. The SMILES string of the molecule is O=S(=O)(c1cccc(Cl)c1)C12CCNC1CCc1cc(C(O)(C(F)(F)F)C(F)(F)F)ccc12. The maximum Gasteiger partial charge on any atom is 0.430 e. The van der Waals surface area contributed by atoms with Crippen molar-refractivity contribution in [1.82, 2.24) is 5.32 Å². The van der Waals surface area contributed by atoms with Gasteiger partial charge in [0.1, 0.15) is 4.75 Å². The Hall–Kier alpha value is -1.82. The van der Waals surface area contributed by atoms with Gasteiger partial charge in [0.15, 0.2) is 9.84 Å². The highest BCUT2D eigenvalue weighted by molar-refractivity contribution is 7.92. The van der Waals surface area contributed by atoms with Crippen LogP contribution in [0, 0.1) is 0 Å². The third-order valence-corrected chi connectivity index (χ3v) is 9.31. The van der Waals surface area contributed by atoms with E-state index in [1.165, 1.54) is 24.3 Å². The van der Waals surface area contributed by atoms with Crippen molar-refractivity contribution in [2.75, 3.05) is 6.54 Å². The van der Waals surface area contributed by atoms with Crippen LogP contribution in [0.4, 0.5) is 26.3 Å². The maximum atomic E-state index is 13.8. The summed E-state index contributed by atoms with van der Waals surface area (Å²) >= 11 is 5.97. The smallest absolute Gasteiger partial charge is 0.369 e. The van der Waals surface area contributed by atoms with Crippen LogP contribution >= 0.6 is 11.6 Å². The number of benzene rings is 2. The van der Waals surface area contributed by atoms with Gasteiger partial charge in [0, 0.05) is 16.6 Å². The minimum Gasteiger partial charge on any atom is -0.369 e. The summed E-state index contributed by atoms with van der Waals surface area (Å²) < 4.78 is 106. The van der Waals surface area contributed by atoms with Gasteiger partial charge in [-0.15, -0.1) is 0 Å². The van der Waals surface area contributed by atoms with E-state index in [1.54, 1.807) is 0 Å². The van der Waals surface area contributed by atoms with Crippen molar-refractivity contribution in [2.24, 2.45) is 0 Å². The van der Waals surface area contributed by atoms with Gasteiger partial charge in [-0.25, -0.2) is 8.42 Å². The van der Waals surface area contributed by atoms with Gasteiger partial charge < -0.3 is 10.4 Å². The molecular weight excluding hydrogens is 496 g/mol. The van der Waals surface area contributed by atoms with E-state index in [9.17, 15) is 39.9 Å². The first-order valence-corrected chi connectivity index (χ1v) is 11.8. The Morgan fingerprint density at radius 2 is 1.70 bits per heavy atom. The standard InChI is InChI=1S/C21H18ClF6NO3S/c22-14-2-1-3-15(11-14)33(31,32)18-8-9-29-17(18)7-4-12-10-13(5-6-16(12)18)19(30,20(23,24)25)21(26,27)28/h1-3,5-6,10-11,17,29-30H,4,7-9H2. The van der Waals surface area contributed by atoms with Crippen molar-refractivity contribution < 1.29 is 39.9 Å². The second-order valence-electron chi connectivity index (χ2n) is 8.22. The molecule has 2 atom stereocenters. The fraction of sp³-hybridized carbons (Fsp3) is 0.429. The third kappa shape index (κ3) is 3.38. The lowest BCUT2D eigenvalue weighted by Crippen LogP contribution is -2.54. The summed E-state index contributed by atoms with van der Waals surface area (Å²) in [5.41, 5.74) is -6.34. The normalized spacial score (nSPS) is 23.8. The van der Waals surface area contributed by atoms with E-state index in [-0.39, 0.29) is 40.3 Å². The molecule has 12 heteroatoms. The van der Waals surface area contributed by atoms with Crippen LogP contribution in [0.15, 0.2) is 47.4 Å². The molecule has 2 aromatic carbocycles. The second kappa shape index (κ2) is 7.59. The van der Waals surface area contributed by atoms with Crippen molar-refractivity contribution in [3.63, 3.8) is 0 Å². The van der Waals surface area contributed by atoms with E-state index in [0.717, 1.165) is 6.07 Å². The van der Waals surface area contributed by atoms with Crippen molar-refractivity contribution in [3.05, 3.63) is 64.2 Å². The molecule has 0 radical (unpaired) electrons. The number of aliphatic hydroxyl groups is 1. The van der Waals surface area contributed by atoms with E-state index in [4.69, 9.17) is 11.6 Å². The van der Waals surface area contributed by atoms with Gasteiger partial charge in [-0.05, 0) is 55.1 Å². The van der Waals surface area contributed by atoms with Gasteiger partial charge in [-0.3, -0.25) is 0 Å². The molecule has 0 amide bonds. The van der Waals surface area contributed by atoms with E-state index < -0.39 is 44.1 Å². The number of sulfone groups is 1. The molecule has 0 saturated carbocycles. The number of alkyl halides is 6. The molecule has 2 aromatic rings. The number of fused-ring (bicyclic) bond motifs is 3. The van der Waals surface area contributed by atoms with Crippen molar-refractivity contribution in [1.29, 1.82) is 0 Å². The van der Waals surface area contributed by atoms with Gasteiger partial charge in [0.2, 0.25) is 0 Å². The molecule has 2 N–H and O–H groups in total. The zero-order valence-electron chi connectivity index (χ0n) is 16.8. The molecule has 2 unspecified atom stereocenters. The number of nitrogens with one attached hydrogen (secondary N) is 1. The van der Waals surface area contributed by atoms with Crippen molar-refractivity contribution in [3.8, 4) is 0 Å². The molecule has 1 fully saturated rings. The molecule has 0 spiro atoms. The number of halogens is 7. The zero-order valence-corrected chi connectivity index (χ0v) is 18.3. The van der Waals surface area contributed by atoms with E-state index >= 15 is 0 Å². The monoisotopic (exact) mass is 513 g/mol. The number of hydrogen-bond acceptors (Lipinski definition) is 4. The van der Waals surface area contributed by atoms with Crippen LogP contribution in [0.1, 0.15) is 29.5 Å². The lowest BCUT2D eigenvalue weighted by molar-refractivity contribution is -0.376. The fourth-order valence-electron chi connectivity index (χ4n) is 4.97. The topological polar surface area (TPSA) is 66.4 Å². The van der Waals surface area contributed by atoms with Gasteiger partial charge in [0.05, 0.1) is 4.90 Å². The first-order chi connectivity index (χ1) is 15.2. The molecule has 4 nitrogen and oxygen atoms in total. The van der Waals surface area contributed by atoms with Gasteiger partial charge in [0.25, 0.3) is 5.60 Å². The number of rotatable bonds is 3. The number of hydrogen-bond donors (Lipinski definition) is 2. The van der Waals surface area contributed by atoms with Gasteiger partial charge >= 0.3 is 12.4 Å². The highest BCUT2D eigenvalue weighted by Crippen LogP contribution is 2.53. The average Bonchev–Trinajstić information content (AvgIpc) is 3.17. The maximum absolute atomic E-state index is 13.8. The highest BCUT2D eigenvalue weighted by atomic mass is 35.5. The molecule has 33 heavy (non-hydrogen) atoms. The van der Waals surface area contributed by atoms with Gasteiger partial charge in [-0.1, -0.05) is 35.9 Å². The molecule has 1 heterocycles. The third-order valence-electron chi connectivity index (χ3n) is 6.54. The lowest BCUT2D eigenvalue weighted by atomic mass is 9.77. The summed E-state index contributed by atoms with van der Waals surface area (Å²) in [5, 5.41) is 13.1. The molecule has 180 valence electrons. The lowest BCUT2D eigenvalue weighted by Gasteiger charge is -2.41. The molecule has 1 saturated heterocycles. The fourth-order valence-corrected chi connectivity index (χ4v) is 7.62. The van der Waals surface area contributed by atoms with Crippen LogP contribution in [0.2, 0.25) is 5.02 Å². The Morgan fingerprint density at radius 1 is 1.03 bits per heavy atom. The Kier molecular flexibility index (Phi) is 5.59. The summed E-state index contributed by atoms with van der Waals surface area (Å²) in [4.78, 5) is -0.0947.